The average molecular weight is 103 g/mol. The van der Waals surface area contributed by atoms with Gasteiger partial charge in [0.25, 0.3) is 0 Å². The highest BCUT2D eigenvalue weighted by Gasteiger charge is 1.84. The zero-order valence-corrected chi connectivity index (χ0v) is 5.23. The summed E-state index contributed by atoms with van der Waals surface area (Å²) in [6.45, 7) is 5.17. The minimum atomic E-state index is 0.683. The molecule has 0 aliphatic rings. The van der Waals surface area contributed by atoms with Crippen molar-refractivity contribution in [3.05, 3.63) is 0 Å². The molecule has 0 saturated heterocycles. The van der Waals surface area contributed by atoms with Gasteiger partial charge >= 0.3 is 0 Å². The summed E-state index contributed by atoms with van der Waals surface area (Å²) in [4.78, 5) is 0. The molecule has 0 amide bonds. The van der Waals surface area contributed by atoms with E-state index >= 15 is 0 Å². The molecule has 1 nitrogen and oxygen atoms in total. The van der Waals surface area contributed by atoms with Gasteiger partial charge in [-0.05, 0) is 14.9 Å². The van der Waals surface area contributed by atoms with Gasteiger partial charge in [-0.15, -0.1) is 0 Å². The van der Waals surface area contributed by atoms with E-state index in [1.807, 2.05) is 0 Å². The van der Waals surface area contributed by atoms with E-state index in [-0.39, 0.29) is 0 Å². The Morgan fingerprint density at radius 3 is 2.17 bits per heavy atom. The molecule has 6 heavy (non-hydrogen) atoms. The summed E-state index contributed by atoms with van der Waals surface area (Å²) in [6, 6.07) is 0. The monoisotopic (exact) mass is 103 g/mol. The predicted octanol–water partition coefficient (Wildman–Crippen LogP) is 1.97. The van der Waals surface area contributed by atoms with Gasteiger partial charge in [0.2, 0.25) is 0 Å². The summed E-state index contributed by atoms with van der Waals surface area (Å²) < 4.78 is 3.74. The molecule has 0 aromatic rings. The van der Waals surface area contributed by atoms with Crippen LogP contribution >= 0.6 is 9.03 Å². The van der Waals surface area contributed by atoms with Crippen molar-refractivity contribution in [2.24, 2.45) is 10.7 Å². The molecule has 36 valence electrons. The molecular formula is C4H10NP. The van der Waals surface area contributed by atoms with Crippen molar-refractivity contribution in [2.75, 3.05) is 6.54 Å². The molecule has 0 aliphatic heterocycles. The highest BCUT2D eigenvalue weighted by atomic mass is 31.0. The fourth-order valence-corrected chi connectivity index (χ4v) is 0.548. The fraction of sp³-hybridized carbons (Fsp3) is 1.00. The van der Waals surface area contributed by atoms with Crippen LogP contribution in [0.2, 0.25) is 0 Å². The summed E-state index contributed by atoms with van der Waals surface area (Å²) in [5.74, 6) is 0.683. The van der Waals surface area contributed by atoms with E-state index in [2.05, 4.69) is 27.6 Å². The minimum Gasteiger partial charge on any atom is -0.272 e. The zero-order valence-electron chi connectivity index (χ0n) is 4.23. The molecule has 0 aliphatic carbocycles. The maximum absolute atomic E-state index is 3.74. The Bertz CT molecular complexity index is 42.8. The van der Waals surface area contributed by atoms with Gasteiger partial charge in [-0.3, -0.25) is 4.74 Å². The zero-order chi connectivity index (χ0) is 4.99. The third-order valence-electron chi connectivity index (χ3n) is 0.456. The maximum atomic E-state index is 3.74. The smallest absolute Gasteiger partial charge is 0.0452 e. The van der Waals surface area contributed by atoms with Crippen LogP contribution in [-0.2, 0) is 0 Å². The molecule has 0 bridgehead atoms. The van der Waals surface area contributed by atoms with Crippen LogP contribution in [0.3, 0.4) is 0 Å². The van der Waals surface area contributed by atoms with Gasteiger partial charge in [0.15, 0.2) is 0 Å². The average Bonchev–Trinajstić information content (AvgIpc) is 1.35. The standard InChI is InChI=1S/C4H10NP/c1-4(2)3-5-6/h4,6H,3H2,1-2H3. The Morgan fingerprint density at radius 1 is 1.67 bits per heavy atom. The lowest BCUT2D eigenvalue weighted by Gasteiger charge is -1.91. The summed E-state index contributed by atoms with van der Waals surface area (Å²) in [5, 5.41) is 0. The topological polar surface area (TPSA) is 12.4 Å². The predicted molar refractivity (Wildman–Crippen MR) is 30.4 cm³/mol. The molecule has 0 spiro atoms. The Balaban J connectivity index is 2.81. The highest BCUT2D eigenvalue weighted by Crippen LogP contribution is 1.91. The Labute approximate surface area is 41.1 Å². The van der Waals surface area contributed by atoms with Crippen LogP contribution in [0.5, 0.6) is 0 Å². The molecule has 0 unspecified atom stereocenters. The molecule has 0 aromatic heterocycles. The lowest BCUT2D eigenvalue weighted by Crippen LogP contribution is -1.87. The molecule has 0 aromatic carbocycles. The first-order valence-electron chi connectivity index (χ1n) is 2.10. The van der Waals surface area contributed by atoms with E-state index in [0.717, 1.165) is 6.54 Å². The third kappa shape index (κ3) is 4.10. The third-order valence-corrected chi connectivity index (χ3v) is 0.639. The first-order valence-corrected chi connectivity index (χ1v) is 2.55. The van der Waals surface area contributed by atoms with Crippen molar-refractivity contribution in [2.45, 2.75) is 13.8 Å². The van der Waals surface area contributed by atoms with Gasteiger partial charge in [-0.1, -0.05) is 13.8 Å². The second-order valence-electron chi connectivity index (χ2n) is 1.73. The van der Waals surface area contributed by atoms with Crippen molar-refractivity contribution < 1.29 is 0 Å². The van der Waals surface area contributed by atoms with E-state index in [9.17, 15) is 0 Å². The largest absolute Gasteiger partial charge is 0.272 e. The van der Waals surface area contributed by atoms with E-state index < -0.39 is 0 Å². The highest BCUT2D eigenvalue weighted by molar-refractivity contribution is 7.03. The van der Waals surface area contributed by atoms with Crippen molar-refractivity contribution in [1.82, 2.24) is 0 Å². The number of nitrogens with zero attached hydrogens (tertiary/aromatic N) is 1. The molecule has 2 heteroatoms. The molecule has 0 radical (unpaired) electrons. The second-order valence-corrected chi connectivity index (χ2v) is 2.05. The van der Waals surface area contributed by atoms with Gasteiger partial charge in [0.05, 0.1) is 0 Å². The molecule has 0 rings (SSSR count). The van der Waals surface area contributed by atoms with E-state index in [0.29, 0.717) is 5.92 Å². The summed E-state index contributed by atoms with van der Waals surface area (Å²) in [7, 11) is 3.02. The molecule has 0 saturated carbocycles. The SMILES string of the molecule is CC(C)CN=P. The number of hydrogen-bond acceptors (Lipinski definition) is 1. The summed E-state index contributed by atoms with van der Waals surface area (Å²) >= 11 is 0. The van der Waals surface area contributed by atoms with Crippen LogP contribution < -0.4 is 0 Å². The van der Waals surface area contributed by atoms with Crippen LogP contribution in [-0.4, -0.2) is 6.54 Å². The van der Waals surface area contributed by atoms with Crippen LogP contribution in [0.25, 0.3) is 0 Å². The molecule has 0 N–H and O–H groups in total. The Morgan fingerprint density at radius 2 is 2.17 bits per heavy atom. The first-order chi connectivity index (χ1) is 2.77. The molecule has 0 atom stereocenters. The van der Waals surface area contributed by atoms with Gasteiger partial charge in [-0.25, -0.2) is 0 Å². The molecule has 0 heterocycles. The van der Waals surface area contributed by atoms with Crippen LogP contribution in [0.4, 0.5) is 0 Å². The van der Waals surface area contributed by atoms with Gasteiger partial charge < -0.3 is 0 Å². The Hall–Kier alpha value is 0.100. The van der Waals surface area contributed by atoms with Crippen molar-refractivity contribution in [3.63, 3.8) is 0 Å². The van der Waals surface area contributed by atoms with E-state index in [1.54, 1.807) is 0 Å². The van der Waals surface area contributed by atoms with E-state index in [4.69, 9.17) is 0 Å². The first kappa shape index (κ1) is 6.10. The lowest BCUT2D eigenvalue weighted by atomic mass is 10.2. The maximum Gasteiger partial charge on any atom is 0.0452 e. The fourth-order valence-electron chi connectivity index (χ4n) is 0.183. The normalized spacial score (nSPS) is 9.17. The van der Waals surface area contributed by atoms with Gasteiger partial charge in [0, 0.05) is 6.54 Å². The van der Waals surface area contributed by atoms with Crippen LogP contribution in [0, 0.1) is 5.92 Å². The Kier molecular flexibility index (Phi) is 3.35. The number of rotatable bonds is 2. The summed E-state index contributed by atoms with van der Waals surface area (Å²) in [5.41, 5.74) is 0. The van der Waals surface area contributed by atoms with Crippen LogP contribution in [0.1, 0.15) is 13.8 Å². The van der Waals surface area contributed by atoms with Crippen molar-refractivity contribution >= 4 is 9.03 Å². The van der Waals surface area contributed by atoms with Gasteiger partial charge in [0.1, 0.15) is 0 Å². The lowest BCUT2D eigenvalue weighted by molar-refractivity contribution is 0.671. The summed E-state index contributed by atoms with van der Waals surface area (Å²) in [6.07, 6.45) is 0. The van der Waals surface area contributed by atoms with Crippen molar-refractivity contribution in [1.29, 1.82) is 0 Å². The van der Waals surface area contributed by atoms with Gasteiger partial charge in [-0.2, -0.15) is 0 Å². The molecular weight excluding hydrogens is 93.0 g/mol. The minimum absolute atomic E-state index is 0.683. The molecule has 0 fully saturated rings. The number of hydrogen-bond donors (Lipinski definition) is 0. The second kappa shape index (κ2) is 3.30. The van der Waals surface area contributed by atoms with E-state index in [1.165, 1.54) is 0 Å². The van der Waals surface area contributed by atoms with Crippen LogP contribution in [0.15, 0.2) is 4.74 Å². The van der Waals surface area contributed by atoms with Crippen molar-refractivity contribution in [3.8, 4) is 0 Å². The quantitative estimate of drug-likeness (QED) is 0.474.